The van der Waals surface area contributed by atoms with E-state index in [4.69, 9.17) is 0 Å². The van der Waals surface area contributed by atoms with Crippen molar-refractivity contribution in [1.29, 1.82) is 0 Å². The third-order valence-corrected chi connectivity index (χ3v) is 6.33. The minimum absolute atomic E-state index is 0.0243. The molecule has 0 radical (unpaired) electrons. The first-order valence-electron chi connectivity index (χ1n) is 6.67. The first-order valence-corrected chi connectivity index (χ1v) is 6.67. The molecule has 94 valence electrons. The lowest BCUT2D eigenvalue weighted by atomic mass is 9.65. The molecular weight excluding hydrogens is 212 g/mol. The fourth-order valence-corrected chi connectivity index (χ4v) is 4.74. The molecule has 0 amide bonds. The van der Waals surface area contributed by atoms with Crippen LogP contribution in [0.2, 0.25) is 0 Å². The van der Waals surface area contributed by atoms with Gasteiger partial charge in [0.25, 0.3) is 0 Å². The Balaban J connectivity index is 2.24. The summed E-state index contributed by atoms with van der Waals surface area (Å²) < 4.78 is 0. The van der Waals surface area contributed by atoms with Gasteiger partial charge in [-0.05, 0) is 18.8 Å². The van der Waals surface area contributed by atoms with Crippen LogP contribution >= 0.6 is 0 Å². The van der Waals surface area contributed by atoms with E-state index in [1.54, 1.807) is 0 Å². The van der Waals surface area contributed by atoms with Crippen LogP contribution in [0.15, 0.2) is 12.2 Å². The number of Topliss-reactive ketones (excluding diaryl/α,β-unsaturated/α-hetero) is 1. The van der Waals surface area contributed by atoms with Crippen molar-refractivity contribution in [1.82, 2.24) is 0 Å². The molecule has 0 aromatic rings. The average Bonchev–Trinajstić information content (AvgIpc) is 2.56. The Hall–Kier alpha value is -0.630. The van der Waals surface area contributed by atoms with Crippen molar-refractivity contribution in [2.45, 2.75) is 46.6 Å². The highest BCUT2D eigenvalue weighted by atomic mass is 16.3. The molecule has 0 heterocycles. The molecule has 0 aromatic heterocycles. The van der Waals surface area contributed by atoms with Gasteiger partial charge in [0.05, 0.1) is 6.10 Å². The maximum absolute atomic E-state index is 12.7. The molecule has 0 unspecified atom stereocenters. The van der Waals surface area contributed by atoms with E-state index < -0.39 is 6.10 Å². The van der Waals surface area contributed by atoms with Crippen LogP contribution < -0.4 is 0 Å². The monoisotopic (exact) mass is 234 g/mol. The molecule has 0 aliphatic heterocycles. The second-order valence-electron chi connectivity index (χ2n) is 7.23. The summed E-state index contributed by atoms with van der Waals surface area (Å²) in [6.07, 6.45) is 5.72. The van der Waals surface area contributed by atoms with Gasteiger partial charge in [0.2, 0.25) is 0 Å². The summed E-state index contributed by atoms with van der Waals surface area (Å²) in [5.74, 6) is 0.837. The molecule has 2 fully saturated rings. The summed E-state index contributed by atoms with van der Waals surface area (Å²) in [6.45, 7) is 8.43. The zero-order chi connectivity index (χ0) is 12.6. The molecule has 1 N–H and O–H groups in total. The smallest absolute Gasteiger partial charge is 0.143 e. The number of ketones is 1. The first kappa shape index (κ1) is 11.5. The third kappa shape index (κ3) is 1.00. The lowest BCUT2D eigenvalue weighted by Crippen LogP contribution is -2.44. The molecule has 3 aliphatic carbocycles. The Morgan fingerprint density at radius 1 is 1.29 bits per heavy atom. The zero-order valence-electron chi connectivity index (χ0n) is 11.2. The normalized spacial score (nSPS) is 55.1. The fourth-order valence-electron chi connectivity index (χ4n) is 4.74. The molecule has 5 atom stereocenters. The Bertz CT molecular complexity index is 423. The molecule has 0 aromatic carbocycles. The molecule has 0 saturated heterocycles. The van der Waals surface area contributed by atoms with E-state index in [1.807, 2.05) is 19.9 Å². The number of aliphatic hydroxyl groups excluding tert-OH is 1. The van der Waals surface area contributed by atoms with E-state index >= 15 is 0 Å². The van der Waals surface area contributed by atoms with Crippen molar-refractivity contribution in [3.63, 3.8) is 0 Å². The van der Waals surface area contributed by atoms with Crippen LogP contribution in [-0.4, -0.2) is 17.0 Å². The quantitative estimate of drug-likeness (QED) is 0.654. The summed E-state index contributed by atoms with van der Waals surface area (Å²) in [5, 5.41) is 10.2. The Labute approximate surface area is 103 Å². The minimum atomic E-state index is -0.497. The second kappa shape index (κ2) is 2.85. The highest BCUT2D eigenvalue weighted by Gasteiger charge is 2.71. The average molecular weight is 234 g/mol. The largest absolute Gasteiger partial charge is 0.388 e. The second-order valence-corrected chi connectivity index (χ2v) is 7.23. The van der Waals surface area contributed by atoms with Gasteiger partial charge >= 0.3 is 0 Å². The van der Waals surface area contributed by atoms with E-state index in [-0.39, 0.29) is 22.2 Å². The van der Waals surface area contributed by atoms with Gasteiger partial charge in [-0.3, -0.25) is 4.79 Å². The fraction of sp³-hybridized carbons (Fsp3) is 0.800. The first-order chi connectivity index (χ1) is 7.75. The number of hydrogen-bond donors (Lipinski definition) is 1. The maximum atomic E-state index is 12.7. The van der Waals surface area contributed by atoms with Crippen LogP contribution in [0, 0.1) is 28.1 Å². The van der Waals surface area contributed by atoms with Crippen molar-refractivity contribution in [2.24, 2.45) is 28.1 Å². The van der Waals surface area contributed by atoms with E-state index in [0.717, 1.165) is 12.8 Å². The summed E-state index contributed by atoms with van der Waals surface area (Å²) in [7, 11) is 0. The Morgan fingerprint density at radius 2 is 1.94 bits per heavy atom. The summed E-state index contributed by atoms with van der Waals surface area (Å²) in [5.41, 5.74) is -0.562. The van der Waals surface area contributed by atoms with Gasteiger partial charge in [-0.1, -0.05) is 39.8 Å². The lowest BCUT2D eigenvalue weighted by molar-refractivity contribution is -0.137. The van der Waals surface area contributed by atoms with Crippen molar-refractivity contribution in [3.05, 3.63) is 12.2 Å². The SMILES string of the molecule is CC1(C)[C@H](O)C=C[C@]2(C)[C@H]3CC[C@]2(C)C(=O)[C@H]31. The zero-order valence-corrected chi connectivity index (χ0v) is 11.2. The highest BCUT2D eigenvalue weighted by Crippen LogP contribution is 2.70. The molecule has 3 rings (SSSR count). The molecule has 17 heavy (non-hydrogen) atoms. The topological polar surface area (TPSA) is 37.3 Å². The van der Waals surface area contributed by atoms with E-state index in [9.17, 15) is 9.90 Å². The maximum Gasteiger partial charge on any atom is 0.143 e. The number of aliphatic hydroxyl groups is 1. The predicted molar refractivity (Wildman–Crippen MR) is 66.4 cm³/mol. The van der Waals surface area contributed by atoms with Gasteiger partial charge < -0.3 is 5.11 Å². The number of carbonyl (C=O) groups excluding carboxylic acids is 1. The summed E-state index contributed by atoms with van der Waals surface area (Å²) in [4.78, 5) is 12.7. The lowest BCUT2D eigenvalue weighted by Gasteiger charge is -2.39. The molecular formula is C15H22O2. The van der Waals surface area contributed by atoms with Crippen molar-refractivity contribution < 1.29 is 9.90 Å². The molecule has 2 nitrogen and oxygen atoms in total. The standard InChI is InChI=1S/C15H22O2/c1-13(2)10(16)6-8-14(3)9-5-7-15(14,4)12(17)11(9)13/h6,8-11,16H,5,7H2,1-4H3/t9-,10+,11-,14+,15+/m0/s1. The Kier molecular flexibility index (Phi) is 1.92. The van der Waals surface area contributed by atoms with Crippen LogP contribution in [0.1, 0.15) is 40.5 Å². The van der Waals surface area contributed by atoms with Gasteiger partial charge in [-0.25, -0.2) is 0 Å². The van der Waals surface area contributed by atoms with Crippen LogP contribution in [0.25, 0.3) is 0 Å². The van der Waals surface area contributed by atoms with Gasteiger partial charge in [-0.15, -0.1) is 0 Å². The van der Waals surface area contributed by atoms with Crippen molar-refractivity contribution in [2.75, 3.05) is 0 Å². The van der Waals surface area contributed by atoms with Gasteiger partial charge in [-0.2, -0.15) is 0 Å². The van der Waals surface area contributed by atoms with Crippen molar-refractivity contribution >= 4 is 5.78 Å². The number of allylic oxidation sites excluding steroid dienone is 1. The van der Waals surface area contributed by atoms with E-state index in [2.05, 4.69) is 19.9 Å². The molecule has 0 spiro atoms. The molecule has 4 bridgehead atoms. The van der Waals surface area contributed by atoms with Crippen LogP contribution in [-0.2, 0) is 4.79 Å². The third-order valence-electron chi connectivity index (χ3n) is 6.33. The van der Waals surface area contributed by atoms with Crippen molar-refractivity contribution in [3.8, 4) is 0 Å². The van der Waals surface area contributed by atoms with E-state index in [1.165, 1.54) is 0 Å². The Morgan fingerprint density at radius 3 is 2.59 bits per heavy atom. The summed E-state index contributed by atoms with van der Waals surface area (Å²) in [6, 6.07) is 0. The van der Waals surface area contributed by atoms with Crippen LogP contribution in [0.4, 0.5) is 0 Å². The molecule has 2 heteroatoms. The minimum Gasteiger partial charge on any atom is -0.388 e. The molecule has 2 saturated carbocycles. The van der Waals surface area contributed by atoms with Crippen LogP contribution in [0.3, 0.4) is 0 Å². The van der Waals surface area contributed by atoms with E-state index in [0.29, 0.717) is 11.7 Å². The summed E-state index contributed by atoms with van der Waals surface area (Å²) >= 11 is 0. The number of hydrogen-bond acceptors (Lipinski definition) is 2. The number of carbonyl (C=O) groups is 1. The van der Waals surface area contributed by atoms with Gasteiger partial charge in [0.1, 0.15) is 5.78 Å². The predicted octanol–water partition coefficient (Wildman–Crippen LogP) is 2.56. The van der Waals surface area contributed by atoms with Crippen LogP contribution in [0.5, 0.6) is 0 Å². The highest BCUT2D eigenvalue weighted by molar-refractivity contribution is 5.93. The van der Waals surface area contributed by atoms with Gasteiger partial charge in [0.15, 0.2) is 0 Å². The van der Waals surface area contributed by atoms with Gasteiger partial charge in [0, 0.05) is 22.2 Å². The molecule has 3 aliphatic rings. The number of rotatable bonds is 0.